The summed E-state index contributed by atoms with van der Waals surface area (Å²) in [6, 6.07) is 2.97. The van der Waals surface area contributed by atoms with Gasteiger partial charge in [-0.1, -0.05) is 0 Å². The molecule has 14 heavy (non-hydrogen) atoms. The lowest BCUT2D eigenvalue weighted by Gasteiger charge is -1.97. The lowest BCUT2D eigenvalue weighted by Crippen LogP contribution is -1.97. The highest BCUT2D eigenvalue weighted by Gasteiger charge is 2.06. The third kappa shape index (κ3) is 1.62. The van der Waals surface area contributed by atoms with Crippen molar-refractivity contribution in [2.24, 2.45) is 0 Å². The number of hydrogen-bond donors (Lipinski definition) is 1. The number of carboxylic acids is 1. The van der Waals surface area contributed by atoms with Gasteiger partial charge in [-0.2, -0.15) is 0 Å². The highest BCUT2D eigenvalue weighted by atomic mass is 32.1. The Morgan fingerprint density at radius 3 is 2.86 bits per heavy atom. The Bertz CT molecular complexity index is 454. The Balaban J connectivity index is 2.46. The summed E-state index contributed by atoms with van der Waals surface area (Å²) in [5.74, 6) is -0.955. The minimum Gasteiger partial charge on any atom is -0.478 e. The maximum atomic E-state index is 10.7. The summed E-state index contributed by atoms with van der Waals surface area (Å²) in [6.45, 7) is 0. The fraction of sp³-hybridized carbons (Fsp3) is 0. The largest absolute Gasteiger partial charge is 0.478 e. The van der Waals surface area contributed by atoms with Gasteiger partial charge < -0.3 is 5.11 Å². The fourth-order valence-electron chi connectivity index (χ4n) is 1.04. The predicted molar refractivity (Wildman–Crippen MR) is 52.3 cm³/mol. The van der Waals surface area contributed by atoms with Crippen LogP contribution in [0.4, 0.5) is 0 Å². The van der Waals surface area contributed by atoms with E-state index in [-0.39, 0.29) is 5.56 Å². The molecule has 0 saturated heterocycles. The molecule has 0 radical (unpaired) electrons. The van der Waals surface area contributed by atoms with Gasteiger partial charge in [0.05, 0.1) is 22.5 Å². The van der Waals surface area contributed by atoms with Crippen LogP contribution in [-0.2, 0) is 0 Å². The quantitative estimate of drug-likeness (QED) is 0.815. The van der Waals surface area contributed by atoms with Crippen molar-refractivity contribution in [3.8, 4) is 11.4 Å². The van der Waals surface area contributed by atoms with Crippen LogP contribution in [0.25, 0.3) is 11.4 Å². The first-order chi connectivity index (χ1) is 6.77. The van der Waals surface area contributed by atoms with Crippen molar-refractivity contribution in [2.75, 3.05) is 0 Å². The summed E-state index contributed by atoms with van der Waals surface area (Å²) in [5, 5.41) is 10.6. The van der Waals surface area contributed by atoms with Crippen molar-refractivity contribution in [3.05, 3.63) is 34.8 Å². The predicted octanol–water partition coefficient (Wildman–Crippen LogP) is 1.90. The van der Waals surface area contributed by atoms with Crippen LogP contribution in [-0.4, -0.2) is 21.0 Å². The molecule has 0 atom stereocenters. The molecule has 0 saturated carbocycles. The van der Waals surface area contributed by atoms with Crippen LogP contribution in [0.15, 0.2) is 29.2 Å². The van der Waals surface area contributed by atoms with E-state index in [9.17, 15) is 4.79 Å². The molecule has 70 valence electrons. The molecule has 0 amide bonds. The van der Waals surface area contributed by atoms with Crippen molar-refractivity contribution in [1.29, 1.82) is 0 Å². The molecule has 0 bridgehead atoms. The Hall–Kier alpha value is -1.75. The lowest BCUT2D eigenvalue weighted by molar-refractivity contribution is 0.0697. The summed E-state index contributed by atoms with van der Waals surface area (Å²) in [5.41, 5.74) is 3.21. The molecule has 0 unspecified atom stereocenters. The van der Waals surface area contributed by atoms with Gasteiger partial charge in [0, 0.05) is 11.6 Å². The molecule has 0 aliphatic carbocycles. The molecule has 2 aromatic rings. The molecule has 0 aromatic carbocycles. The first-order valence-corrected chi connectivity index (χ1v) is 4.79. The van der Waals surface area contributed by atoms with Gasteiger partial charge in [0.25, 0.3) is 0 Å². The molecule has 0 aliphatic heterocycles. The summed E-state index contributed by atoms with van der Waals surface area (Å²) >= 11 is 1.45. The number of rotatable bonds is 2. The Morgan fingerprint density at radius 2 is 2.21 bits per heavy atom. The topological polar surface area (TPSA) is 63.1 Å². The van der Waals surface area contributed by atoms with E-state index < -0.39 is 5.97 Å². The van der Waals surface area contributed by atoms with E-state index in [2.05, 4.69) is 9.97 Å². The van der Waals surface area contributed by atoms with E-state index in [0.717, 1.165) is 0 Å². The van der Waals surface area contributed by atoms with Crippen LogP contribution in [0, 0.1) is 0 Å². The number of carbonyl (C=O) groups is 1. The third-order valence-electron chi connectivity index (χ3n) is 1.70. The van der Waals surface area contributed by atoms with Gasteiger partial charge in [-0.05, 0) is 12.1 Å². The molecule has 2 rings (SSSR count). The molecule has 0 spiro atoms. The number of pyridine rings is 1. The second kappa shape index (κ2) is 3.55. The van der Waals surface area contributed by atoms with Crippen LogP contribution in [0.2, 0.25) is 0 Å². The van der Waals surface area contributed by atoms with Gasteiger partial charge in [0.2, 0.25) is 0 Å². The highest BCUT2D eigenvalue weighted by Crippen LogP contribution is 2.17. The fourth-order valence-corrected chi connectivity index (χ4v) is 1.59. The van der Waals surface area contributed by atoms with E-state index in [1.807, 2.05) is 5.38 Å². The van der Waals surface area contributed by atoms with Crippen molar-refractivity contribution in [1.82, 2.24) is 9.97 Å². The van der Waals surface area contributed by atoms with Crippen molar-refractivity contribution in [3.63, 3.8) is 0 Å². The second-order valence-electron chi connectivity index (χ2n) is 2.61. The minimum absolute atomic E-state index is 0.225. The number of nitrogens with zero attached hydrogens (tertiary/aromatic N) is 2. The van der Waals surface area contributed by atoms with Crippen LogP contribution >= 0.6 is 11.3 Å². The average molecular weight is 206 g/mol. The molecular weight excluding hydrogens is 200 g/mol. The summed E-state index contributed by atoms with van der Waals surface area (Å²) in [7, 11) is 0. The Kier molecular flexibility index (Phi) is 2.24. The minimum atomic E-state index is -0.955. The lowest BCUT2D eigenvalue weighted by atomic mass is 10.2. The van der Waals surface area contributed by atoms with Gasteiger partial charge in [-0.15, -0.1) is 11.3 Å². The van der Waals surface area contributed by atoms with Crippen LogP contribution < -0.4 is 0 Å². The number of thiazole rings is 1. The van der Waals surface area contributed by atoms with Crippen LogP contribution in [0.5, 0.6) is 0 Å². The van der Waals surface area contributed by atoms with Gasteiger partial charge >= 0.3 is 5.97 Å². The normalized spacial score (nSPS) is 10.0. The molecule has 5 heteroatoms. The number of aromatic nitrogens is 2. The number of carboxylic acid groups (broad SMARTS) is 1. The zero-order valence-corrected chi connectivity index (χ0v) is 7.86. The summed E-state index contributed by atoms with van der Waals surface area (Å²) in [4.78, 5) is 18.8. The summed E-state index contributed by atoms with van der Waals surface area (Å²) < 4.78 is 0. The first kappa shape index (κ1) is 8.83. The van der Waals surface area contributed by atoms with Crippen LogP contribution in [0.3, 0.4) is 0 Å². The molecule has 0 aliphatic rings. The summed E-state index contributed by atoms with van der Waals surface area (Å²) in [6.07, 6.45) is 1.47. The van der Waals surface area contributed by atoms with Crippen molar-refractivity contribution >= 4 is 17.3 Å². The second-order valence-corrected chi connectivity index (χ2v) is 3.33. The van der Waals surface area contributed by atoms with E-state index in [1.165, 1.54) is 29.7 Å². The molecule has 2 aromatic heterocycles. The molecule has 2 heterocycles. The van der Waals surface area contributed by atoms with E-state index in [4.69, 9.17) is 5.11 Å². The SMILES string of the molecule is O=C(O)c1ccnc(-c2cscn2)c1. The van der Waals surface area contributed by atoms with E-state index >= 15 is 0 Å². The van der Waals surface area contributed by atoms with E-state index in [0.29, 0.717) is 11.4 Å². The zero-order chi connectivity index (χ0) is 9.97. The van der Waals surface area contributed by atoms with Gasteiger partial charge in [0.15, 0.2) is 0 Å². The van der Waals surface area contributed by atoms with Gasteiger partial charge in [-0.3, -0.25) is 4.98 Å². The monoisotopic (exact) mass is 206 g/mol. The molecule has 4 nitrogen and oxygen atoms in total. The van der Waals surface area contributed by atoms with E-state index in [1.54, 1.807) is 5.51 Å². The van der Waals surface area contributed by atoms with Gasteiger partial charge in [0.1, 0.15) is 0 Å². The first-order valence-electron chi connectivity index (χ1n) is 3.85. The van der Waals surface area contributed by atoms with Gasteiger partial charge in [-0.25, -0.2) is 9.78 Å². The zero-order valence-electron chi connectivity index (χ0n) is 7.04. The Labute approximate surface area is 83.9 Å². The molecule has 1 N–H and O–H groups in total. The molecule has 0 fully saturated rings. The van der Waals surface area contributed by atoms with Crippen molar-refractivity contribution in [2.45, 2.75) is 0 Å². The third-order valence-corrected chi connectivity index (χ3v) is 2.29. The smallest absolute Gasteiger partial charge is 0.335 e. The average Bonchev–Trinajstić information content (AvgIpc) is 2.71. The maximum Gasteiger partial charge on any atom is 0.335 e. The number of aromatic carboxylic acids is 1. The molecular formula is C9H6N2O2S. The highest BCUT2D eigenvalue weighted by molar-refractivity contribution is 7.07. The maximum absolute atomic E-state index is 10.7. The van der Waals surface area contributed by atoms with Crippen LogP contribution in [0.1, 0.15) is 10.4 Å². The standard InChI is InChI=1S/C9H6N2O2S/c12-9(13)6-1-2-10-7(3-6)8-4-14-5-11-8/h1-5H,(H,12,13). The Morgan fingerprint density at radius 1 is 1.36 bits per heavy atom. The van der Waals surface area contributed by atoms with Crippen molar-refractivity contribution < 1.29 is 9.90 Å². The number of hydrogen-bond acceptors (Lipinski definition) is 4.